The van der Waals surface area contributed by atoms with Crippen LogP contribution in [0, 0.1) is 5.92 Å². The summed E-state index contributed by atoms with van der Waals surface area (Å²) >= 11 is 0. The van der Waals surface area contributed by atoms with Gasteiger partial charge in [-0.25, -0.2) is 4.79 Å². The molecule has 0 saturated heterocycles. The van der Waals surface area contributed by atoms with E-state index in [4.69, 9.17) is 28.0 Å². The van der Waals surface area contributed by atoms with Crippen LogP contribution in [0.1, 0.15) is 90.7 Å². The van der Waals surface area contributed by atoms with Crippen molar-refractivity contribution in [2.75, 3.05) is 39.5 Å². The van der Waals surface area contributed by atoms with Gasteiger partial charge in [-0.05, 0) is 89.3 Å². The number of carboxylic acid groups (broad SMARTS) is 2. The molecule has 100 heavy (non-hydrogen) atoms. The van der Waals surface area contributed by atoms with Crippen LogP contribution in [0.2, 0.25) is 0 Å². The third-order valence-corrected chi connectivity index (χ3v) is 14.8. The number of hydrogen-bond donors (Lipinski definition) is 23. The number of hydrogen-bond acceptors (Lipinski definition) is 22. The lowest BCUT2D eigenvalue weighted by molar-refractivity contribution is -0.148. The SMILES string of the molecule is CC(C)C[C@H](NC(=O)[C@@H](NC(=O)[C@H](Cc1ccccc1)NC(=O)[C@H](CO)NC(=O)[C@H](CCCN=C(N)N)NC(=O)CNC(=O)[C@@H](N)Cc1ccccc1)[C@@H](C)O)C(=O)N[C@@H](C)C(=O)N[C@@H](CO)C(=O)N[C@@H](CO)C(=O)N[C@@H](CCCCN)C(=O)N[C@H](C(=O)N[C@@H](CC(=O)O)C(=O)O)[C@@H](C)O. The number of nitrogens with two attached hydrogens (primary N) is 4. The van der Waals surface area contributed by atoms with Gasteiger partial charge in [-0.2, -0.15) is 0 Å². The van der Waals surface area contributed by atoms with E-state index >= 15 is 0 Å². The molecule has 0 aromatic heterocycles. The number of aliphatic carboxylic acids is 2. The molecule has 38 heteroatoms. The van der Waals surface area contributed by atoms with Crippen LogP contribution < -0.4 is 86.7 Å². The van der Waals surface area contributed by atoms with Crippen molar-refractivity contribution in [1.29, 1.82) is 0 Å². The molecule has 38 nitrogen and oxygen atoms in total. The summed E-state index contributed by atoms with van der Waals surface area (Å²) in [5.41, 5.74) is 23.7. The average Bonchev–Trinajstić information content (AvgIpc) is 0.860. The minimum atomic E-state index is -1.97. The maximum absolute atomic E-state index is 14.3. The van der Waals surface area contributed by atoms with Gasteiger partial charge in [0.05, 0.1) is 51.0 Å². The fourth-order valence-corrected chi connectivity index (χ4v) is 9.36. The highest BCUT2D eigenvalue weighted by molar-refractivity contribution is 6.00. The molecule has 12 amide bonds. The zero-order chi connectivity index (χ0) is 75.3. The van der Waals surface area contributed by atoms with Gasteiger partial charge in [0, 0.05) is 13.0 Å². The topological polar surface area (TPSA) is 641 Å². The second-order valence-electron chi connectivity index (χ2n) is 23.8. The second-order valence-corrected chi connectivity index (χ2v) is 23.8. The van der Waals surface area contributed by atoms with Crippen LogP contribution in [0.15, 0.2) is 65.7 Å². The predicted molar refractivity (Wildman–Crippen MR) is 355 cm³/mol. The molecule has 0 saturated carbocycles. The molecular formula is C62H97N17O21. The van der Waals surface area contributed by atoms with Gasteiger partial charge >= 0.3 is 11.9 Å². The van der Waals surface area contributed by atoms with Gasteiger partial charge in [0.25, 0.3) is 0 Å². The van der Waals surface area contributed by atoms with Crippen LogP contribution in [0.4, 0.5) is 0 Å². The Kier molecular flexibility index (Phi) is 38.6. The molecule has 14 atom stereocenters. The minimum Gasteiger partial charge on any atom is -0.481 e. The van der Waals surface area contributed by atoms with Gasteiger partial charge in [0.15, 0.2) is 5.96 Å². The molecule has 0 unspecified atom stereocenters. The molecule has 0 heterocycles. The van der Waals surface area contributed by atoms with E-state index in [1.54, 1.807) is 74.5 Å². The number of nitrogens with one attached hydrogen (secondary N) is 12. The number of rotatable bonds is 46. The van der Waals surface area contributed by atoms with Crippen molar-refractivity contribution in [2.24, 2.45) is 33.8 Å². The number of amides is 12. The highest BCUT2D eigenvalue weighted by Crippen LogP contribution is 2.12. The molecule has 0 aliphatic rings. The number of benzene rings is 2. The Bertz CT molecular complexity index is 3090. The van der Waals surface area contributed by atoms with E-state index in [0.29, 0.717) is 12.0 Å². The van der Waals surface area contributed by atoms with Crippen molar-refractivity contribution < 1.29 is 103 Å². The first-order valence-electron chi connectivity index (χ1n) is 32.0. The monoisotopic (exact) mass is 1420 g/mol. The van der Waals surface area contributed by atoms with Gasteiger partial charge in [0.1, 0.15) is 66.5 Å². The molecule has 556 valence electrons. The van der Waals surface area contributed by atoms with E-state index in [1.165, 1.54) is 0 Å². The number of carbonyl (C=O) groups excluding carboxylic acids is 12. The molecule has 2 rings (SSSR count). The summed E-state index contributed by atoms with van der Waals surface area (Å²) in [5.74, 6) is -16.9. The van der Waals surface area contributed by atoms with Gasteiger partial charge in [-0.1, -0.05) is 74.5 Å². The first-order chi connectivity index (χ1) is 47.2. The van der Waals surface area contributed by atoms with E-state index in [9.17, 15) is 97.8 Å². The number of guanidine groups is 1. The van der Waals surface area contributed by atoms with Crippen LogP contribution in [-0.2, 0) is 80.0 Å². The molecule has 27 N–H and O–H groups in total. The summed E-state index contributed by atoms with van der Waals surface area (Å²) in [7, 11) is 0. The molecule has 2 aromatic rings. The van der Waals surface area contributed by atoms with Crippen LogP contribution in [-0.4, -0.2) is 249 Å². The normalized spacial score (nSPS) is 15.2. The first kappa shape index (κ1) is 86.1. The number of carbonyl (C=O) groups is 14. The molecule has 0 fully saturated rings. The van der Waals surface area contributed by atoms with Crippen molar-refractivity contribution in [3.63, 3.8) is 0 Å². The second kappa shape index (κ2) is 44.8. The number of aliphatic hydroxyl groups excluding tert-OH is 5. The Morgan fingerprint density at radius 3 is 1.30 bits per heavy atom. The van der Waals surface area contributed by atoms with Gasteiger partial charge < -0.3 is 122 Å². The van der Waals surface area contributed by atoms with Crippen molar-refractivity contribution in [3.8, 4) is 0 Å². The predicted octanol–water partition coefficient (Wildman–Crippen LogP) is -9.21. The number of aliphatic hydroxyl groups is 5. The molecule has 2 aromatic carbocycles. The van der Waals surface area contributed by atoms with Crippen LogP contribution in [0.5, 0.6) is 0 Å². The van der Waals surface area contributed by atoms with E-state index in [1.807, 2.05) is 5.32 Å². The van der Waals surface area contributed by atoms with Crippen molar-refractivity contribution in [2.45, 2.75) is 177 Å². The maximum atomic E-state index is 14.3. The van der Waals surface area contributed by atoms with Crippen LogP contribution in [0.25, 0.3) is 0 Å². The summed E-state index contributed by atoms with van der Waals surface area (Å²) in [4.78, 5) is 190. The summed E-state index contributed by atoms with van der Waals surface area (Å²) in [6.07, 6.45) is -4.52. The zero-order valence-electron chi connectivity index (χ0n) is 56.1. The summed E-state index contributed by atoms with van der Waals surface area (Å²) in [6.45, 7) is 2.80. The Labute approximate surface area is 575 Å². The van der Waals surface area contributed by atoms with Crippen LogP contribution in [0.3, 0.4) is 0 Å². The summed E-state index contributed by atoms with van der Waals surface area (Å²) in [5, 5.41) is 98.1. The van der Waals surface area contributed by atoms with Crippen LogP contribution >= 0.6 is 0 Å². The van der Waals surface area contributed by atoms with Gasteiger partial charge in [-0.3, -0.25) is 67.3 Å². The highest BCUT2D eigenvalue weighted by atomic mass is 16.4. The van der Waals surface area contributed by atoms with E-state index < -0.39 is 200 Å². The highest BCUT2D eigenvalue weighted by Gasteiger charge is 2.38. The average molecular weight is 1420 g/mol. The third kappa shape index (κ3) is 31.7. The fourth-order valence-electron chi connectivity index (χ4n) is 9.36. The van der Waals surface area contributed by atoms with E-state index in [0.717, 1.165) is 26.3 Å². The number of unbranched alkanes of at least 4 members (excludes halogenated alkanes) is 1. The lowest BCUT2D eigenvalue weighted by atomic mass is 10.0. The zero-order valence-corrected chi connectivity index (χ0v) is 56.1. The quantitative estimate of drug-likeness (QED) is 0.0166. The Morgan fingerprint density at radius 1 is 0.450 bits per heavy atom. The summed E-state index contributed by atoms with van der Waals surface area (Å²) < 4.78 is 0. The Hall–Kier alpha value is -9.99. The van der Waals surface area contributed by atoms with Crippen molar-refractivity contribution >= 4 is 88.8 Å². The molecule has 0 aliphatic heterocycles. The minimum absolute atomic E-state index is 0.00249. The van der Waals surface area contributed by atoms with Gasteiger partial charge in [-0.15, -0.1) is 0 Å². The van der Waals surface area contributed by atoms with Gasteiger partial charge in [0.2, 0.25) is 70.9 Å². The lowest BCUT2D eigenvalue weighted by Crippen LogP contribution is -2.62. The maximum Gasteiger partial charge on any atom is 0.326 e. The molecule has 0 bridgehead atoms. The Balaban J connectivity index is 2.28. The van der Waals surface area contributed by atoms with Crippen molar-refractivity contribution in [1.82, 2.24) is 63.8 Å². The molecule has 0 aliphatic carbocycles. The van der Waals surface area contributed by atoms with E-state index in [2.05, 4.69) is 63.5 Å². The lowest BCUT2D eigenvalue weighted by Gasteiger charge is -2.29. The standard InChI is InChI=1S/C62H97N17O21/c1-31(2)23-40(54(92)69-32(3)50(88)75-43(28-80)58(96)77-44(29-81)56(94)71-39(19-12-13-21-63)53(91)78-49(34(5)84)60(98)74-42(61(99)100)26-47(86)87)73-59(97)48(33(4)83)79-55(93)41(25-36-17-10-7-11-18-36)72-57(95)45(30-82)76-52(90)38(20-14-22-67-62(65)66)70-46(85)27-68-51(89)37(64)24-35-15-8-6-9-16-35/h6-11,15-18,31-34,37-45,48-49,80-84H,12-14,19-30,63-64H2,1-5H3,(H,68,89)(H,69,92)(H,70,85)(H,71,94)(H,72,95)(H,73,97)(H,74,98)(H,75,88)(H,76,90)(H,77,96)(H,78,91)(H,79,93)(H,86,87)(H,99,100)(H4,65,66,67)/t32-,33+,34+,37-,38-,39-,40-,41-,42-,43-,44-,45-,48-,49-/m0/s1. The van der Waals surface area contributed by atoms with Crippen molar-refractivity contribution in [3.05, 3.63) is 71.8 Å². The first-order valence-corrected chi connectivity index (χ1v) is 32.0. The fraction of sp³-hybridized carbons (Fsp3) is 0.565. The number of aliphatic imine (C=N–C) groups is 1. The third-order valence-electron chi connectivity index (χ3n) is 14.8. The molecule has 0 spiro atoms. The Morgan fingerprint density at radius 2 is 0.850 bits per heavy atom. The number of nitrogens with zero attached hydrogens (tertiary/aromatic N) is 1. The smallest absolute Gasteiger partial charge is 0.326 e. The molecule has 0 radical (unpaired) electrons. The largest absolute Gasteiger partial charge is 0.481 e. The van der Waals surface area contributed by atoms with E-state index in [-0.39, 0.29) is 69.9 Å². The summed E-state index contributed by atoms with van der Waals surface area (Å²) in [6, 6.07) is -3.14. The number of carboxylic acids is 2. The molecular weight excluding hydrogens is 1320 g/mol.